The van der Waals surface area contributed by atoms with E-state index in [2.05, 4.69) is 21.3 Å². The lowest BCUT2D eigenvalue weighted by molar-refractivity contribution is -0.133. The number of thioether (sulfide) groups is 1. The van der Waals surface area contributed by atoms with Gasteiger partial charge >= 0.3 is 0 Å². The van der Waals surface area contributed by atoms with Gasteiger partial charge < -0.3 is 26.2 Å². The average molecular weight is 486 g/mol. The number of benzene rings is 1. The van der Waals surface area contributed by atoms with Crippen molar-refractivity contribution < 1.29 is 14.4 Å². The van der Waals surface area contributed by atoms with Gasteiger partial charge in [0.25, 0.3) is 5.91 Å². The Labute approximate surface area is 197 Å². The van der Waals surface area contributed by atoms with E-state index in [0.29, 0.717) is 40.8 Å². The molecule has 11 heteroatoms. The van der Waals surface area contributed by atoms with Crippen LogP contribution in [0.4, 0.5) is 0 Å². The van der Waals surface area contributed by atoms with E-state index in [0.717, 1.165) is 0 Å². The molecule has 2 rings (SSSR count). The molecule has 0 unspecified atom stereocenters. The summed E-state index contributed by atoms with van der Waals surface area (Å²) in [6.07, 6.45) is 0.981. The van der Waals surface area contributed by atoms with Crippen molar-refractivity contribution in [1.82, 2.24) is 26.2 Å². The lowest BCUT2D eigenvalue weighted by Gasteiger charge is -2.37. The molecule has 1 aromatic rings. The molecular formula is C20H28ClN5O3S2. The number of amides is 3. The number of nitrogens with zero attached hydrogens (tertiary/aromatic N) is 1. The first-order chi connectivity index (χ1) is 14.7. The number of piperidine rings is 1. The van der Waals surface area contributed by atoms with E-state index in [4.69, 9.17) is 23.8 Å². The zero-order valence-corrected chi connectivity index (χ0v) is 20.0. The van der Waals surface area contributed by atoms with Crippen LogP contribution in [-0.2, 0) is 9.59 Å². The van der Waals surface area contributed by atoms with Crippen molar-refractivity contribution in [2.45, 2.75) is 18.4 Å². The van der Waals surface area contributed by atoms with Gasteiger partial charge in [0.05, 0.1) is 5.75 Å². The summed E-state index contributed by atoms with van der Waals surface area (Å²) in [5.41, 5.74) is -0.478. The van der Waals surface area contributed by atoms with Crippen LogP contribution in [-0.4, -0.2) is 78.5 Å². The molecule has 1 aromatic carbocycles. The van der Waals surface area contributed by atoms with Crippen LogP contribution in [0.2, 0.25) is 5.02 Å². The smallest absolute Gasteiger partial charge is 0.251 e. The Hall–Kier alpha value is -1.88. The number of halogens is 1. The van der Waals surface area contributed by atoms with E-state index in [1.165, 1.54) is 11.8 Å². The number of rotatable bonds is 8. The Morgan fingerprint density at radius 3 is 2.35 bits per heavy atom. The number of carbonyl (C=O) groups excluding carboxylic acids is 3. The van der Waals surface area contributed by atoms with Crippen molar-refractivity contribution in [2.24, 2.45) is 0 Å². The van der Waals surface area contributed by atoms with Gasteiger partial charge in [0.1, 0.15) is 9.86 Å². The van der Waals surface area contributed by atoms with Gasteiger partial charge in [-0.3, -0.25) is 14.4 Å². The molecule has 1 fully saturated rings. The molecule has 4 N–H and O–H groups in total. The van der Waals surface area contributed by atoms with Crippen molar-refractivity contribution in [3.8, 4) is 0 Å². The van der Waals surface area contributed by atoms with E-state index in [1.807, 2.05) is 14.1 Å². The summed E-state index contributed by atoms with van der Waals surface area (Å²) < 4.78 is 0.607. The minimum atomic E-state index is -0.969. The normalized spacial score (nSPS) is 14.9. The van der Waals surface area contributed by atoms with Gasteiger partial charge in [-0.1, -0.05) is 35.6 Å². The van der Waals surface area contributed by atoms with Crippen LogP contribution in [0.5, 0.6) is 0 Å². The first-order valence-corrected chi connectivity index (χ1v) is 11.7. The number of hydrogen-bond acceptors (Lipinski definition) is 6. The third kappa shape index (κ3) is 7.95. The Bertz CT molecular complexity index is 799. The first kappa shape index (κ1) is 25.4. The molecule has 1 aliphatic heterocycles. The van der Waals surface area contributed by atoms with Crippen LogP contribution in [0, 0.1) is 0 Å². The van der Waals surface area contributed by atoms with Crippen LogP contribution in [0.15, 0.2) is 24.3 Å². The van der Waals surface area contributed by atoms with Gasteiger partial charge in [-0.25, -0.2) is 0 Å². The quantitative estimate of drug-likeness (QED) is 0.322. The predicted octanol–water partition coefficient (Wildman–Crippen LogP) is 1.00. The second-order valence-corrected chi connectivity index (χ2v) is 9.39. The highest BCUT2D eigenvalue weighted by atomic mass is 35.5. The fourth-order valence-electron chi connectivity index (χ4n) is 3.05. The Kier molecular flexibility index (Phi) is 10.0. The second-order valence-electron chi connectivity index (χ2n) is 7.35. The summed E-state index contributed by atoms with van der Waals surface area (Å²) in [6.45, 7) is 1.78. The van der Waals surface area contributed by atoms with Crippen LogP contribution >= 0.6 is 35.6 Å². The molecular weight excluding hydrogens is 458 g/mol. The fraction of sp³-hybridized carbons (Fsp3) is 0.500. The summed E-state index contributed by atoms with van der Waals surface area (Å²) in [7, 11) is 3.64. The summed E-state index contributed by atoms with van der Waals surface area (Å²) >= 11 is 12.3. The Morgan fingerprint density at radius 1 is 1.13 bits per heavy atom. The molecule has 0 spiro atoms. The summed E-state index contributed by atoms with van der Waals surface area (Å²) in [6, 6.07) is 6.56. The maximum atomic E-state index is 12.9. The third-order valence-corrected chi connectivity index (χ3v) is 6.75. The number of thiocarbonyl (C=S) groups is 1. The molecule has 0 bridgehead atoms. The molecule has 0 atom stereocenters. The number of nitrogens with one attached hydrogen (secondary N) is 4. The highest BCUT2D eigenvalue weighted by molar-refractivity contribution is 8.23. The van der Waals surface area contributed by atoms with Gasteiger partial charge in [0.15, 0.2) is 0 Å². The van der Waals surface area contributed by atoms with Crippen LogP contribution in [0.1, 0.15) is 23.2 Å². The second kappa shape index (κ2) is 12.2. The molecule has 0 saturated carbocycles. The van der Waals surface area contributed by atoms with E-state index in [1.54, 1.807) is 29.2 Å². The van der Waals surface area contributed by atoms with E-state index in [-0.39, 0.29) is 36.6 Å². The minimum absolute atomic E-state index is 0.149. The van der Waals surface area contributed by atoms with Crippen molar-refractivity contribution in [3.63, 3.8) is 0 Å². The van der Waals surface area contributed by atoms with Crippen LogP contribution in [0.25, 0.3) is 0 Å². The molecule has 3 amide bonds. The number of carbonyl (C=O) groups is 3. The maximum Gasteiger partial charge on any atom is 0.251 e. The molecule has 0 aliphatic carbocycles. The van der Waals surface area contributed by atoms with Gasteiger partial charge in [-0.2, -0.15) is 0 Å². The molecule has 1 saturated heterocycles. The van der Waals surface area contributed by atoms with Gasteiger partial charge in [-0.05, 0) is 50.2 Å². The fourth-order valence-corrected chi connectivity index (χ4v) is 3.93. The molecule has 0 aromatic heterocycles. The first-order valence-electron chi connectivity index (χ1n) is 9.91. The lowest BCUT2D eigenvalue weighted by Crippen LogP contribution is -2.63. The van der Waals surface area contributed by atoms with Crippen LogP contribution < -0.4 is 21.3 Å². The molecule has 1 aliphatic rings. The zero-order valence-electron chi connectivity index (χ0n) is 17.6. The topological polar surface area (TPSA) is 103 Å². The Balaban J connectivity index is 1.84. The number of hydrogen-bond donors (Lipinski definition) is 4. The highest BCUT2D eigenvalue weighted by Crippen LogP contribution is 2.19. The standard InChI is InChI=1S/C20H28ClN5O3S2/c1-26(2)19(30)31-13-16(27)25-20(7-9-22-10-8-20)18(29)24-12-11-23-17(28)14-3-5-15(21)6-4-14/h3-6,22H,7-13H2,1-2H3,(H,23,28)(H,24,29)(H,25,27). The van der Waals surface area contributed by atoms with E-state index in [9.17, 15) is 14.4 Å². The highest BCUT2D eigenvalue weighted by Gasteiger charge is 2.40. The monoisotopic (exact) mass is 485 g/mol. The van der Waals surface area contributed by atoms with Gasteiger partial charge in [-0.15, -0.1) is 0 Å². The zero-order chi connectivity index (χ0) is 22.9. The summed E-state index contributed by atoms with van der Waals surface area (Å²) in [5, 5.41) is 12.3. The molecule has 0 radical (unpaired) electrons. The summed E-state index contributed by atoms with van der Waals surface area (Å²) in [4.78, 5) is 39.3. The third-order valence-electron chi connectivity index (χ3n) is 4.76. The van der Waals surface area contributed by atoms with Crippen molar-refractivity contribution in [2.75, 3.05) is 46.0 Å². The van der Waals surface area contributed by atoms with E-state index < -0.39 is 5.54 Å². The maximum absolute atomic E-state index is 12.9. The Morgan fingerprint density at radius 2 is 1.74 bits per heavy atom. The van der Waals surface area contributed by atoms with Gasteiger partial charge in [0.2, 0.25) is 11.8 Å². The molecule has 170 valence electrons. The van der Waals surface area contributed by atoms with Crippen LogP contribution in [0.3, 0.4) is 0 Å². The molecule has 31 heavy (non-hydrogen) atoms. The minimum Gasteiger partial charge on any atom is -0.364 e. The average Bonchev–Trinajstić information content (AvgIpc) is 2.75. The summed E-state index contributed by atoms with van der Waals surface area (Å²) in [5.74, 6) is -0.577. The van der Waals surface area contributed by atoms with Crippen molar-refractivity contribution >= 4 is 57.6 Å². The molecule has 8 nitrogen and oxygen atoms in total. The van der Waals surface area contributed by atoms with Gasteiger partial charge in [0, 0.05) is 37.8 Å². The van der Waals surface area contributed by atoms with Crippen molar-refractivity contribution in [3.05, 3.63) is 34.9 Å². The van der Waals surface area contributed by atoms with Crippen molar-refractivity contribution in [1.29, 1.82) is 0 Å². The predicted molar refractivity (Wildman–Crippen MR) is 129 cm³/mol. The largest absolute Gasteiger partial charge is 0.364 e. The molecule has 1 heterocycles. The SMILES string of the molecule is CN(C)C(=S)SCC(=O)NC1(C(=O)NCCNC(=O)c2ccc(Cl)cc2)CCNCC1. The van der Waals surface area contributed by atoms with E-state index >= 15 is 0 Å². The lowest BCUT2D eigenvalue weighted by atomic mass is 9.87.